The van der Waals surface area contributed by atoms with E-state index < -0.39 is 10.0 Å². The molecule has 0 bridgehead atoms. The van der Waals surface area contributed by atoms with Crippen LogP contribution in [0.15, 0.2) is 23.1 Å². The molecule has 1 aromatic carbocycles. The number of rotatable bonds is 6. The van der Waals surface area contributed by atoms with Crippen LogP contribution in [0.5, 0.6) is 0 Å². The number of anilines is 1. The topological polar surface area (TPSA) is 72.6 Å². The number of nitrogens with two attached hydrogens (primary N) is 1. The van der Waals surface area contributed by atoms with Crippen molar-refractivity contribution in [3.05, 3.63) is 23.2 Å². The summed E-state index contributed by atoms with van der Waals surface area (Å²) in [5.41, 5.74) is 5.90. The molecule has 2 N–H and O–H groups in total. The molecule has 0 aliphatic carbocycles. The molecule has 0 aliphatic heterocycles. The Kier molecular flexibility index (Phi) is 5.61. The van der Waals surface area contributed by atoms with Gasteiger partial charge in [-0.05, 0) is 32.0 Å². The lowest BCUT2D eigenvalue weighted by molar-refractivity contribution is 0.171. The zero-order chi connectivity index (χ0) is 14.6. The van der Waals surface area contributed by atoms with Gasteiger partial charge in [-0.2, -0.15) is 4.31 Å². The summed E-state index contributed by atoms with van der Waals surface area (Å²) in [4.78, 5) is 0.0710. The molecule has 0 aliphatic rings. The lowest BCUT2D eigenvalue weighted by atomic mass is 10.3. The highest BCUT2D eigenvalue weighted by Crippen LogP contribution is 2.26. The number of sulfonamides is 1. The van der Waals surface area contributed by atoms with Crippen LogP contribution in [0, 0.1) is 0 Å². The number of benzene rings is 1. The van der Waals surface area contributed by atoms with Crippen molar-refractivity contribution in [3.63, 3.8) is 0 Å². The van der Waals surface area contributed by atoms with Crippen LogP contribution < -0.4 is 5.73 Å². The molecule has 5 nitrogen and oxygen atoms in total. The first-order valence-corrected chi connectivity index (χ1v) is 7.68. The normalized spacial score (nSPS) is 12.3. The summed E-state index contributed by atoms with van der Waals surface area (Å²) in [5, 5.41) is 0.407. The quantitative estimate of drug-likeness (QED) is 0.816. The summed E-state index contributed by atoms with van der Waals surface area (Å²) in [6.07, 6.45) is 0. The summed E-state index contributed by atoms with van der Waals surface area (Å²) >= 11 is 5.78. The molecule has 0 radical (unpaired) electrons. The predicted molar refractivity (Wildman–Crippen MR) is 76.8 cm³/mol. The van der Waals surface area contributed by atoms with Crippen molar-refractivity contribution in [2.75, 3.05) is 26.0 Å². The Morgan fingerprint density at radius 1 is 1.42 bits per heavy atom. The molecule has 1 aromatic rings. The Morgan fingerprint density at radius 2 is 2.05 bits per heavy atom. The summed E-state index contributed by atoms with van der Waals surface area (Å²) in [5.74, 6) is 0. The first-order chi connectivity index (χ1) is 8.80. The van der Waals surface area contributed by atoms with Crippen molar-refractivity contribution in [3.8, 4) is 0 Å². The lowest BCUT2D eigenvalue weighted by Gasteiger charge is -2.26. The average molecular weight is 307 g/mol. The molecule has 0 saturated carbocycles. The van der Waals surface area contributed by atoms with E-state index in [0.29, 0.717) is 11.6 Å². The van der Waals surface area contributed by atoms with Gasteiger partial charge in [0.25, 0.3) is 0 Å². The molecule has 0 heterocycles. The summed E-state index contributed by atoms with van der Waals surface area (Å²) in [6.45, 7) is 4.21. The number of methoxy groups -OCH3 is 1. The number of ether oxygens (including phenoxy) is 1. The van der Waals surface area contributed by atoms with Gasteiger partial charge < -0.3 is 10.5 Å². The molecule has 0 fully saturated rings. The molecule has 0 amide bonds. The standard InChI is InChI=1S/C12H19ClN2O3S/c1-9(2)15(6-7-18-3)19(16,17)12-5-4-10(13)8-11(12)14/h4-5,8-9H,6-7,14H2,1-3H3. The number of nitrogen functional groups attached to an aromatic ring is 1. The third-order valence-corrected chi connectivity index (χ3v) is 5.03. The van der Waals surface area contributed by atoms with Crippen LogP contribution >= 0.6 is 11.6 Å². The van der Waals surface area contributed by atoms with Crippen LogP contribution in [0.1, 0.15) is 13.8 Å². The zero-order valence-electron chi connectivity index (χ0n) is 11.3. The van der Waals surface area contributed by atoms with Gasteiger partial charge in [-0.15, -0.1) is 0 Å². The van der Waals surface area contributed by atoms with Gasteiger partial charge in [-0.25, -0.2) is 8.42 Å². The van der Waals surface area contributed by atoms with E-state index in [9.17, 15) is 8.42 Å². The van der Waals surface area contributed by atoms with Crippen LogP contribution in [0.3, 0.4) is 0 Å². The second-order valence-electron chi connectivity index (χ2n) is 4.38. The Bertz CT molecular complexity index is 532. The minimum atomic E-state index is -3.65. The van der Waals surface area contributed by atoms with Gasteiger partial charge in [0.15, 0.2) is 0 Å². The number of nitrogens with zero attached hydrogens (tertiary/aromatic N) is 1. The van der Waals surface area contributed by atoms with E-state index in [1.54, 1.807) is 13.8 Å². The van der Waals surface area contributed by atoms with Gasteiger partial charge in [-0.1, -0.05) is 11.6 Å². The van der Waals surface area contributed by atoms with Crippen molar-refractivity contribution in [2.45, 2.75) is 24.8 Å². The summed E-state index contributed by atoms with van der Waals surface area (Å²) in [6, 6.07) is 4.19. The lowest BCUT2D eigenvalue weighted by Crippen LogP contribution is -2.39. The monoisotopic (exact) mass is 306 g/mol. The highest BCUT2D eigenvalue weighted by Gasteiger charge is 2.28. The first kappa shape index (κ1) is 16.2. The van der Waals surface area contributed by atoms with Gasteiger partial charge in [0.2, 0.25) is 10.0 Å². The van der Waals surface area contributed by atoms with E-state index in [2.05, 4.69) is 0 Å². The minimum absolute atomic E-state index is 0.0710. The van der Waals surface area contributed by atoms with Crippen molar-refractivity contribution >= 4 is 27.3 Å². The summed E-state index contributed by atoms with van der Waals surface area (Å²) in [7, 11) is -2.12. The van der Waals surface area contributed by atoms with E-state index in [1.807, 2.05) is 0 Å². The first-order valence-electron chi connectivity index (χ1n) is 5.86. The maximum atomic E-state index is 12.6. The number of hydrogen-bond acceptors (Lipinski definition) is 4. The fraction of sp³-hybridized carbons (Fsp3) is 0.500. The average Bonchev–Trinajstić information content (AvgIpc) is 2.27. The third-order valence-electron chi connectivity index (χ3n) is 2.65. The van der Waals surface area contributed by atoms with Gasteiger partial charge in [0.1, 0.15) is 4.90 Å². The van der Waals surface area contributed by atoms with E-state index in [1.165, 1.54) is 29.6 Å². The number of halogens is 1. The molecule has 1 rings (SSSR count). The van der Waals surface area contributed by atoms with E-state index in [4.69, 9.17) is 22.1 Å². The van der Waals surface area contributed by atoms with E-state index in [-0.39, 0.29) is 23.2 Å². The second-order valence-corrected chi connectivity index (χ2v) is 6.68. The molecule has 0 unspecified atom stereocenters. The van der Waals surface area contributed by atoms with Crippen LogP contribution in [0.2, 0.25) is 5.02 Å². The molecule has 0 aromatic heterocycles. The molecule has 0 spiro atoms. The molecule has 108 valence electrons. The fourth-order valence-electron chi connectivity index (χ4n) is 1.72. The van der Waals surface area contributed by atoms with E-state index in [0.717, 1.165) is 0 Å². The largest absolute Gasteiger partial charge is 0.398 e. The molecular formula is C12H19ClN2O3S. The molecule has 0 saturated heterocycles. The van der Waals surface area contributed by atoms with Gasteiger partial charge >= 0.3 is 0 Å². The van der Waals surface area contributed by atoms with E-state index >= 15 is 0 Å². The second kappa shape index (κ2) is 6.56. The highest BCUT2D eigenvalue weighted by atomic mass is 35.5. The van der Waals surface area contributed by atoms with Crippen LogP contribution in [0.25, 0.3) is 0 Å². The van der Waals surface area contributed by atoms with Crippen molar-refractivity contribution < 1.29 is 13.2 Å². The predicted octanol–water partition coefficient (Wildman–Crippen LogP) is 1.97. The maximum Gasteiger partial charge on any atom is 0.245 e. The highest BCUT2D eigenvalue weighted by molar-refractivity contribution is 7.89. The van der Waals surface area contributed by atoms with Crippen molar-refractivity contribution in [1.82, 2.24) is 4.31 Å². The van der Waals surface area contributed by atoms with Crippen LogP contribution in [0.4, 0.5) is 5.69 Å². The summed E-state index contributed by atoms with van der Waals surface area (Å²) < 4.78 is 31.4. The fourth-order valence-corrected chi connectivity index (χ4v) is 3.62. The molecule has 0 atom stereocenters. The Morgan fingerprint density at radius 3 is 2.53 bits per heavy atom. The molecule has 19 heavy (non-hydrogen) atoms. The Labute approximate surface area is 119 Å². The maximum absolute atomic E-state index is 12.6. The van der Waals surface area contributed by atoms with Crippen LogP contribution in [-0.4, -0.2) is 39.0 Å². The zero-order valence-corrected chi connectivity index (χ0v) is 12.8. The van der Waals surface area contributed by atoms with Gasteiger partial charge in [0, 0.05) is 24.7 Å². The van der Waals surface area contributed by atoms with Gasteiger partial charge in [0.05, 0.1) is 12.3 Å². The Hall–Kier alpha value is -0.820. The Balaban J connectivity index is 3.19. The van der Waals surface area contributed by atoms with Crippen molar-refractivity contribution in [2.24, 2.45) is 0 Å². The minimum Gasteiger partial charge on any atom is -0.398 e. The number of hydrogen-bond donors (Lipinski definition) is 1. The van der Waals surface area contributed by atoms with Crippen molar-refractivity contribution in [1.29, 1.82) is 0 Å². The SMILES string of the molecule is COCCN(C(C)C)S(=O)(=O)c1ccc(Cl)cc1N. The molecular weight excluding hydrogens is 288 g/mol. The molecule has 7 heteroatoms. The third kappa shape index (κ3) is 3.82. The van der Waals surface area contributed by atoms with Crippen LogP contribution in [-0.2, 0) is 14.8 Å². The smallest absolute Gasteiger partial charge is 0.245 e. The van der Waals surface area contributed by atoms with Gasteiger partial charge in [-0.3, -0.25) is 0 Å².